The van der Waals surface area contributed by atoms with Gasteiger partial charge in [-0.05, 0) is 36.8 Å². The molecule has 0 aliphatic carbocycles. The molecule has 5 heteroatoms. The standard InChI is InChI=1S/C13H11F3N2/c1-8-6-9(13(14,15)16)2-3-11(8)12-7-10(17)4-5-18-12/h2-7H,1H3,(H2,17,18). The predicted octanol–water partition coefficient (Wildman–Crippen LogP) is 3.66. The van der Waals surface area contributed by atoms with Gasteiger partial charge in [0.25, 0.3) is 0 Å². The van der Waals surface area contributed by atoms with Gasteiger partial charge in [-0.1, -0.05) is 6.07 Å². The van der Waals surface area contributed by atoms with E-state index in [9.17, 15) is 13.2 Å². The van der Waals surface area contributed by atoms with Crippen LogP contribution in [0.25, 0.3) is 11.3 Å². The van der Waals surface area contributed by atoms with E-state index in [2.05, 4.69) is 4.98 Å². The number of nitrogen functional groups attached to an aromatic ring is 1. The minimum Gasteiger partial charge on any atom is -0.399 e. The molecule has 1 aromatic heterocycles. The lowest BCUT2D eigenvalue weighted by atomic mass is 10.0. The predicted molar refractivity (Wildman–Crippen MR) is 63.8 cm³/mol. The van der Waals surface area contributed by atoms with E-state index in [0.29, 0.717) is 22.5 Å². The van der Waals surface area contributed by atoms with Crippen molar-refractivity contribution in [3.63, 3.8) is 0 Å². The van der Waals surface area contributed by atoms with Gasteiger partial charge in [0.2, 0.25) is 0 Å². The van der Waals surface area contributed by atoms with Crippen molar-refractivity contribution in [2.24, 2.45) is 0 Å². The van der Waals surface area contributed by atoms with E-state index < -0.39 is 11.7 Å². The molecule has 0 unspecified atom stereocenters. The number of pyridine rings is 1. The van der Waals surface area contributed by atoms with Crippen LogP contribution in [-0.4, -0.2) is 4.98 Å². The summed E-state index contributed by atoms with van der Waals surface area (Å²) in [5.41, 5.74) is 7.23. The van der Waals surface area contributed by atoms with Crippen molar-refractivity contribution in [3.8, 4) is 11.3 Å². The van der Waals surface area contributed by atoms with Gasteiger partial charge in [0.05, 0.1) is 11.3 Å². The van der Waals surface area contributed by atoms with E-state index >= 15 is 0 Å². The van der Waals surface area contributed by atoms with Crippen LogP contribution in [0.2, 0.25) is 0 Å². The normalized spacial score (nSPS) is 11.6. The SMILES string of the molecule is Cc1cc(C(F)(F)F)ccc1-c1cc(N)ccn1. The molecule has 0 atom stereocenters. The highest BCUT2D eigenvalue weighted by Gasteiger charge is 2.30. The van der Waals surface area contributed by atoms with Crippen LogP contribution in [0.4, 0.5) is 18.9 Å². The molecule has 0 saturated carbocycles. The van der Waals surface area contributed by atoms with E-state index in [4.69, 9.17) is 5.73 Å². The molecular formula is C13H11F3N2. The first-order chi connectivity index (χ1) is 8.38. The van der Waals surface area contributed by atoms with Crippen LogP contribution in [0, 0.1) is 6.92 Å². The maximum absolute atomic E-state index is 12.5. The number of aryl methyl sites for hydroxylation is 1. The smallest absolute Gasteiger partial charge is 0.399 e. The number of hydrogen-bond donors (Lipinski definition) is 1. The molecule has 0 radical (unpaired) electrons. The number of hydrogen-bond acceptors (Lipinski definition) is 2. The number of aromatic nitrogens is 1. The molecule has 2 N–H and O–H groups in total. The van der Waals surface area contributed by atoms with Gasteiger partial charge in [-0.2, -0.15) is 13.2 Å². The van der Waals surface area contributed by atoms with Crippen LogP contribution in [0.5, 0.6) is 0 Å². The Bertz CT molecular complexity index is 577. The fraction of sp³-hybridized carbons (Fsp3) is 0.154. The van der Waals surface area contributed by atoms with E-state index in [1.54, 1.807) is 19.1 Å². The number of nitrogens with zero attached hydrogens (tertiary/aromatic N) is 1. The highest BCUT2D eigenvalue weighted by atomic mass is 19.4. The molecule has 2 rings (SSSR count). The Morgan fingerprint density at radius 3 is 2.39 bits per heavy atom. The van der Waals surface area contributed by atoms with Gasteiger partial charge >= 0.3 is 6.18 Å². The maximum Gasteiger partial charge on any atom is 0.416 e. The van der Waals surface area contributed by atoms with Crippen molar-refractivity contribution in [2.45, 2.75) is 13.1 Å². The lowest BCUT2D eigenvalue weighted by molar-refractivity contribution is -0.137. The van der Waals surface area contributed by atoms with Gasteiger partial charge in [0.1, 0.15) is 0 Å². The number of anilines is 1. The van der Waals surface area contributed by atoms with Gasteiger partial charge < -0.3 is 5.73 Å². The number of alkyl halides is 3. The average Bonchev–Trinajstić information content (AvgIpc) is 2.27. The maximum atomic E-state index is 12.5. The van der Waals surface area contributed by atoms with Crippen molar-refractivity contribution in [1.82, 2.24) is 4.98 Å². The molecule has 18 heavy (non-hydrogen) atoms. The molecule has 1 aromatic carbocycles. The van der Waals surface area contributed by atoms with Gasteiger partial charge in [-0.15, -0.1) is 0 Å². The number of halogens is 3. The largest absolute Gasteiger partial charge is 0.416 e. The first-order valence-corrected chi connectivity index (χ1v) is 5.27. The Morgan fingerprint density at radius 1 is 1.11 bits per heavy atom. The molecule has 0 amide bonds. The Kier molecular flexibility index (Phi) is 2.98. The Labute approximate surface area is 102 Å². The molecule has 2 aromatic rings. The van der Waals surface area contributed by atoms with Gasteiger partial charge in [0, 0.05) is 17.4 Å². The van der Waals surface area contributed by atoms with E-state index in [1.165, 1.54) is 12.3 Å². The van der Waals surface area contributed by atoms with Crippen LogP contribution in [0.3, 0.4) is 0 Å². The molecule has 0 bridgehead atoms. The molecule has 0 saturated heterocycles. The summed E-state index contributed by atoms with van der Waals surface area (Å²) in [5, 5.41) is 0. The summed E-state index contributed by atoms with van der Waals surface area (Å²) in [7, 11) is 0. The van der Waals surface area contributed by atoms with Crippen molar-refractivity contribution >= 4 is 5.69 Å². The van der Waals surface area contributed by atoms with Crippen LogP contribution in [-0.2, 0) is 6.18 Å². The first kappa shape index (κ1) is 12.4. The van der Waals surface area contributed by atoms with E-state index in [0.717, 1.165) is 12.1 Å². The van der Waals surface area contributed by atoms with Crippen molar-refractivity contribution in [3.05, 3.63) is 47.7 Å². The number of benzene rings is 1. The molecule has 0 aliphatic heterocycles. The zero-order valence-corrected chi connectivity index (χ0v) is 9.62. The molecule has 94 valence electrons. The zero-order valence-electron chi connectivity index (χ0n) is 9.62. The van der Waals surface area contributed by atoms with Crippen LogP contribution in [0.1, 0.15) is 11.1 Å². The molecular weight excluding hydrogens is 241 g/mol. The minimum atomic E-state index is -4.33. The summed E-state index contributed by atoms with van der Waals surface area (Å²) >= 11 is 0. The van der Waals surface area contributed by atoms with Gasteiger partial charge in [0.15, 0.2) is 0 Å². The highest BCUT2D eigenvalue weighted by molar-refractivity contribution is 5.66. The second-order valence-corrected chi connectivity index (χ2v) is 4.00. The summed E-state index contributed by atoms with van der Waals surface area (Å²) in [4.78, 5) is 4.10. The highest BCUT2D eigenvalue weighted by Crippen LogP contribution is 2.32. The second-order valence-electron chi connectivity index (χ2n) is 4.00. The van der Waals surface area contributed by atoms with Crippen LogP contribution < -0.4 is 5.73 Å². The van der Waals surface area contributed by atoms with Crippen molar-refractivity contribution in [1.29, 1.82) is 0 Å². The molecule has 0 aliphatic rings. The molecule has 1 heterocycles. The minimum absolute atomic E-state index is 0.517. The Morgan fingerprint density at radius 2 is 1.83 bits per heavy atom. The summed E-state index contributed by atoms with van der Waals surface area (Å²) in [5.74, 6) is 0. The quantitative estimate of drug-likeness (QED) is 0.841. The fourth-order valence-corrected chi connectivity index (χ4v) is 1.72. The third kappa shape index (κ3) is 2.45. The van der Waals surface area contributed by atoms with Crippen LogP contribution in [0.15, 0.2) is 36.5 Å². The summed E-state index contributed by atoms with van der Waals surface area (Å²) in [6.07, 6.45) is -2.80. The van der Waals surface area contributed by atoms with Crippen LogP contribution >= 0.6 is 0 Å². The molecule has 0 fully saturated rings. The Balaban J connectivity index is 2.48. The third-order valence-corrected chi connectivity index (χ3v) is 2.61. The van der Waals surface area contributed by atoms with E-state index in [1.807, 2.05) is 0 Å². The summed E-state index contributed by atoms with van der Waals surface area (Å²) in [6.45, 7) is 1.62. The van der Waals surface area contributed by atoms with Gasteiger partial charge in [-0.25, -0.2) is 0 Å². The monoisotopic (exact) mass is 252 g/mol. The third-order valence-electron chi connectivity index (χ3n) is 2.61. The van der Waals surface area contributed by atoms with Gasteiger partial charge in [-0.3, -0.25) is 4.98 Å². The first-order valence-electron chi connectivity index (χ1n) is 5.27. The number of nitrogens with two attached hydrogens (primary N) is 1. The summed E-state index contributed by atoms with van der Waals surface area (Å²) < 4.78 is 37.6. The second kappa shape index (κ2) is 4.33. The number of rotatable bonds is 1. The van der Waals surface area contributed by atoms with E-state index in [-0.39, 0.29) is 0 Å². The topological polar surface area (TPSA) is 38.9 Å². The van der Waals surface area contributed by atoms with Crippen molar-refractivity contribution in [2.75, 3.05) is 5.73 Å². The molecule has 0 spiro atoms. The lowest BCUT2D eigenvalue weighted by Gasteiger charge is -2.11. The van der Waals surface area contributed by atoms with Crippen molar-refractivity contribution < 1.29 is 13.2 Å². The average molecular weight is 252 g/mol. The molecule has 2 nitrogen and oxygen atoms in total. The lowest BCUT2D eigenvalue weighted by Crippen LogP contribution is -2.05. The zero-order chi connectivity index (χ0) is 13.3. The fourth-order valence-electron chi connectivity index (χ4n) is 1.72. The Hall–Kier alpha value is -2.04. The summed E-state index contributed by atoms with van der Waals surface area (Å²) in [6, 6.07) is 6.84.